The maximum absolute atomic E-state index is 3.72. The van der Waals surface area contributed by atoms with Gasteiger partial charge in [-0.1, -0.05) is 44.4 Å². The summed E-state index contributed by atoms with van der Waals surface area (Å²) in [5.74, 6) is 0.543. The third-order valence-electron chi connectivity index (χ3n) is 1.66. The van der Waals surface area contributed by atoms with Gasteiger partial charge in [-0.05, 0) is 17.1 Å². The van der Waals surface area contributed by atoms with E-state index in [0.29, 0.717) is 5.92 Å². The highest BCUT2D eigenvalue weighted by atomic mass is 14.1. The molecule has 1 rings (SSSR count). The summed E-state index contributed by atoms with van der Waals surface area (Å²) in [6.45, 7) is 9.59. The molecule has 1 aliphatic rings. The molecule has 0 aliphatic heterocycles. The van der Waals surface area contributed by atoms with Gasteiger partial charge in [-0.2, -0.15) is 0 Å². The minimum Gasteiger partial charge on any atom is -0.0985 e. The number of allylic oxidation sites excluding steroid dienone is 6. The van der Waals surface area contributed by atoms with E-state index in [1.165, 1.54) is 11.1 Å². The van der Waals surface area contributed by atoms with Crippen LogP contribution in [0.15, 0.2) is 48.6 Å². The SMILES string of the molecule is C=CC1=CC(C)C=C1C=C. The normalized spacial score (nSPS) is 18.1. The largest absolute Gasteiger partial charge is 0.0985 e. The van der Waals surface area contributed by atoms with E-state index in [1.54, 1.807) is 0 Å². The van der Waals surface area contributed by atoms with Gasteiger partial charge in [0.25, 0.3) is 0 Å². The van der Waals surface area contributed by atoms with Crippen LogP contribution in [0.4, 0.5) is 0 Å². The predicted molar refractivity (Wildman–Crippen MR) is 45.7 cm³/mol. The fourth-order valence-corrected chi connectivity index (χ4v) is 1.18. The molecule has 0 unspecified atom stereocenters. The minimum atomic E-state index is 0.543. The van der Waals surface area contributed by atoms with E-state index < -0.39 is 0 Å². The van der Waals surface area contributed by atoms with Crippen molar-refractivity contribution >= 4 is 0 Å². The first-order valence-corrected chi connectivity index (χ1v) is 3.47. The van der Waals surface area contributed by atoms with Crippen molar-refractivity contribution in [1.82, 2.24) is 0 Å². The van der Waals surface area contributed by atoms with E-state index in [4.69, 9.17) is 0 Å². The number of hydrogen-bond donors (Lipinski definition) is 0. The van der Waals surface area contributed by atoms with Crippen molar-refractivity contribution in [1.29, 1.82) is 0 Å². The van der Waals surface area contributed by atoms with Crippen LogP contribution >= 0.6 is 0 Å². The maximum atomic E-state index is 3.72. The Morgan fingerprint density at radius 2 is 1.60 bits per heavy atom. The average molecular weight is 132 g/mol. The van der Waals surface area contributed by atoms with E-state index in [2.05, 4.69) is 32.2 Å². The van der Waals surface area contributed by atoms with E-state index in [9.17, 15) is 0 Å². The van der Waals surface area contributed by atoms with E-state index in [-0.39, 0.29) is 0 Å². The number of rotatable bonds is 2. The van der Waals surface area contributed by atoms with Gasteiger partial charge in [-0.15, -0.1) is 0 Å². The summed E-state index contributed by atoms with van der Waals surface area (Å²) in [5.41, 5.74) is 2.42. The standard InChI is InChI=1S/C10H12/c1-4-9-6-8(3)7-10(9)5-2/h4-8H,1-2H2,3H3. The maximum Gasteiger partial charge on any atom is -0.00635 e. The zero-order valence-corrected chi connectivity index (χ0v) is 6.30. The monoisotopic (exact) mass is 132 g/mol. The van der Waals surface area contributed by atoms with Crippen LogP contribution in [0.1, 0.15) is 6.92 Å². The third-order valence-corrected chi connectivity index (χ3v) is 1.66. The average Bonchev–Trinajstić information content (AvgIpc) is 2.30. The highest BCUT2D eigenvalue weighted by Gasteiger charge is 2.07. The summed E-state index contributed by atoms with van der Waals surface area (Å²) in [6, 6.07) is 0. The Morgan fingerprint density at radius 3 is 1.90 bits per heavy atom. The van der Waals surface area contributed by atoms with Crippen LogP contribution in [-0.4, -0.2) is 0 Å². The molecule has 0 spiro atoms. The Kier molecular flexibility index (Phi) is 1.91. The molecule has 52 valence electrons. The summed E-state index contributed by atoms with van der Waals surface area (Å²) < 4.78 is 0. The van der Waals surface area contributed by atoms with Crippen LogP contribution in [0.5, 0.6) is 0 Å². The van der Waals surface area contributed by atoms with E-state index >= 15 is 0 Å². The van der Waals surface area contributed by atoms with Gasteiger partial charge < -0.3 is 0 Å². The van der Waals surface area contributed by atoms with Crippen molar-refractivity contribution in [2.45, 2.75) is 6.92 Å². The molecule has 0 bridgehead atoms. The lowest BCUT2D eigenvalue weighted by molar-refractivity contribution is 0.955. The van der Waals surface area contributed by atoms with Gasteiger partial charge in [0.05, 0.1) is 0 Å². The van der Waals surface area contributed by atoms with Gasteiger partial charge >= 0.3 is 0 Å². The summed E-state index contributed by atoms with van der Waals surface area (Å²) in [5, 5.41) is 0. The van der Waals surface area contributed by atoms with Gasteiger partial charge in [-0.25, -0.2) is 0 Å². The lowest BCUT2D eigenvalue weighted by atomic mass is 10.1. The molecule has 0 amide bonds. The first kappa shape index (κ1) is 7.07. The van der Waals surface area contributed by atoms with Crippen molar-refractivity contribution in [3.8, 4) is 0 Å². The van der Waals surface area contributed by atoms with Gasteiger partial charge in [0.1, 0.15) is 0 Å². The molecule has 10 heavy (non-hydrogen) atoms. The van der Waals surface area contributed by atoms with Crippen LogP contribution in [0.25, 0.3) is 0 Å². The van der Waals surface area contributed by atoms with E-state index in [0.717, 1.165) is 0 Å². The third kappa shape index (κ3) is 1.10. The molecule has 0 aromatic carbocycles. The predicted octanol–water partition coefficient (Wildman–Crippen LogP) is 2.86. The second kappa shape index (κ2) is 2.70. The van der Waals surface area contributed by atoms with Crippen LogP contribution in [-0.2, 0) is 0 Å². The zero-order valence-electron chi connectivity index (χ0n) is 6.30. The van der Waals surface area contributed by atoms with E-state index in [1.807, 2.05) is 12.2 Å². The summed E-state index contributed by atoms with van der Waals surface area (Å²) >= 11 is 0. The molecule has 0 N–H and O–H groups in total. The smallest absolute Gasteiger partial charge is 0.00635 e. The Bertz CT molecular complexity index is 192. The molecular weight excluding hydrogens is 120 g/mol. The molecule has 0 atom stereocenters. The van der Waals surface area contributed by atoms with Crippen LogP contribution in [0.2, 0.25) is 0 Å². The topological polar surface area (TPSA) is 0 Å². The fourth-order valence-electron chi connectivity index (χ4n) is 1.18. The molecule has 0 radical (unpaired) electrons. The quantitative estimate of drug-likeness (QED) is 0.542. The summed E-state index contributed by atoms with van der Waals surface area (Å²) in [7, 11) is 0. The molecule has 0 aromatic rings. The van der Waals surface area contributed by atoms with Crippen LogP contribution < -0.4 is 0 Å². The summed E-state index contributed by atoms with van der Waals surface area (Å²) in [6.07, 6.45) is 8.11. The molecule has 0 saturated heterocycles. The summed E-state index contributed by atoms with van der Waals surface area (Å²) in [4.78, 5) is 0. The Morgan fingerprint density at radius 1 is 1.20 bits per heavy atom. The molecule has 0 aromatic heterocycles. The molecule has 0 heterocycles. The first-order valence-electron chi connectivity index (χ1n) is 3.47. The Labute approximate surface area is 62.3 Å². The molecule has 0 fully saturated rings. The highest BCUT2D eigenvalue weighted by Crippen LogP contribution is 2.24. The molecule has 0 heteroatoms. The molecule has 0 nitrogen and oxygen atoms in total. The molecule has 1 aliphatic carbocycles. The van der Waals surface area contributed by atoms with Gasteiger partial charge in [-0.3, -0.25) is 0 Å². The highest BCUT2D eigenvalue weighted by molar-refractivity contribution is 5.50. The second-order valence-corrected chi connectivity index (χ2v) is 2.51. The van der Waals surface area contributed by atoms with Crippen molar-refractivity contribution in [2.75, 3.05) is 0 Å². The first-order chi connectivity index (χ1) is 4.77. The fraction of sp³-hybridized carbons (Fsp3) is 0.200. The van der Waals surface area contributed by atoms with Crippen molar-refractivity contribution in [3.63, 3.8) is 0 Å². The van der Waals surface area contributed by atoms with Crippen LogP contribution in [0, 0.1) is 5.92 Å². The van der Waals surface area contributed by atoms with Gasteiger partial charge in [0.15, 0.2) is 0 Å². The van der Waals surface area contributed by atoms with Gasteiger partial charge in [0.2, 0.25) is 0 Å². The molecule has 0 saturated carbocycles. The van der Waals surface area contributed by atoms with Crippen molar-refractivity contribution in [2.24, 2.45) is 5.92 Å². The number of hydrogen-bond acceptors (Lipinski definition) is 0. The second-order valence-electron chi connectivity index (χ2n) is 2.51. The lowest BCUT2D eigenvalue weighted by Crippen LogP contribution is -1.73. The van der Waals surface area contributed by atoms with Crippen molar-refractivity contribution < 1.29 is 0 Å². The Balaban J connectivity index is 2.93. The van der Waals surface area contributed by atoms with Crippen molar-refractivity contribution in [3.05, 3.63) is 48.6 Å². The zero-order chi connectivity index (χ0) is 7.56. The lowest BCUT2D eigenvalue weighted by Gasteiger charge is -1.92. The van der Waals surface area contributed by atoms with Crippen LogP contribution in [0.3, 0.4) is 0 Å². The Hall–Kier alpha value is -1.04. The molecular formula is C10H12. The van der Waals surface area contributed by atoms with Gasteiger partial charge in [0, 0.05) is 0 Å². The minimum absolute atomic E-state index is 0.543.